The van der Waals surface area contributed by atoms with Gasteiger partial charge in [0.15, 0.2) is 17.3 Å². The van der Waals surface area contributed by atoms with E-state index >= 15 is 0 Å². The molecule has 1 unspecified atom stereocenters. The van der Waals surface area contributed by atoms with Crippen LogP contribution in [-0.4, -0.2) is 110 Å². The van der Waals surface area contributed by atoms with Crippen molar-refractivity contribution in [2.45, 2.75) is 131 Å². The second kappa shape index (κ2) is 26.0. The number of fused-ring (bicyclic) bond motifs is 9. The topological polar surface area (TPSA) is 218 Å². The van der Waals surface area contributed by atoms with Crippen LogP contribution < -0.4 is 20.1 Å². The number of carbonyl (C=O) groups excluding carboxylic acids is 2. The van der Waals surface area contributed by atoms with Gasteiger partial charge in [-0.3, -0.25) is 19.3 Å². The van der Waals surface area contributed by atoms with Crippen LogP contribution in [0.5, 0.6) is 11.5 Å². The molecule has 1 amide bonds. The minimum absolute atomic E-state index is 0.0309. The first-order chi connectivity index (χ1) is 39.9. The van der Waals surface area contributed by atoms with E-state index in [1.54, 1.807) is 18.9 Å². The van der Waals surface area contributed by atoms with E-state index < -0.39 is 0 Å². The molecule has 2 aromatic carbocycles. The van der Waals surface area contributed by atoms with E-state index in [0.29, 0.717) is 93.9 Å². The number of H-pyrrole nitrogens is 2. The average Bonchev–Trinajstić information content (AvgIpc) is 4.19. The van der Waals surface area contributed by atoms with Crippen molar-refractivity contribution >= 4 is 67.3 Å². The number of methoxy groups -OCH3 is 2. The number of aromatic amines is 2. The zero-order valence-corrected chi connectivity index (χ0v) is 48.9. The van der Waals surface area contributed by atoms with Crippen LogP contribution in [0.2, 0.25) is 0 Å². The molecule has 3 aliphatic rings. The first kappa shape index (κ1) is 57.4. The largest absolute Gasteiger partial charge is 0.487 e. The van der Waals surface area contributed by atoms with Crippen molar-refractivity contribution in [3.63, 3.8) is 0 Å². The SMILES string of the molecule is CCCCCCO[C@H](C)c1c(C)c2cc3nc(c4c5[nH]c(cc6nc(cc1[nH]2)C(C)=C6CC)c(C)c5C(=O)C4)[C@@H](CCC(=O)NCCCn1cc(-c2cccc(Nc4ncnc5cc(OCCOC)c(OCCOC)cc45)c2)nn1)C3C. The first-order valence-corrected chi connectivity index (χ1v) is 29.1. The molecule has 4 N–H and O–H groups in total. The third kappa shape index (κ3) is 12.3. The van der Waals surface area contributed by atoms with Crippen LogP contribution in [0.4, 0.5) is 11.5 Å². The number of amides is 1. The molecule has 2 aliphatic heterocycles. The third-order valence-corrected chi connectivity index (χ3v) is 16.2. The van der Waals surface area contributed by atoms with Crippen molar-refractivity contribution in [1.29, 1.82) is 0 Å². The fraction of sp³-hybridized carbons (Fsp3) is 0.438. The Kier molecular flexibility index (Phi) is 18.2. The number of nitrogens with zero attached hydrogens (tertiary/aromatic N) is 7. The van der Waals surface area contributed by atoms with Gasteiger partial charge in [-0.15, -0.1) is 5.10 Å². The molecule has 18 nitrogen and oxygen atoms in total. The predicted octanol–water partition coefficient (Wildman–Crippen LogP) is 12.5. The van der Waals surface area contributed by atoms with Gasteiger partial charge < -0.3 is 44.3 Å². The highest BCUT2D eigenvalue weighted by Crippen LogP contribution is 2.45. The van der Waals surface area contributed by atoms with Gasteiger partial charge in [0, 0.05) is 120 Å². The molecule has 0 saturated heterocycles. The van der Waals surface area contributed by atoms with Crippen molar-refractivity contribution in [2.75, 3.05) is 59.1 Å². The van der Waals surface area contributed by atoms with E-state index in [9.17, 15) is 9.59 Å². The normalized spacial score (nSPS) is 15.2. The van der Waals surface area contributed by atoms with Gasteiger partial charge in [-0.2, -0.15) is 0 Å². The van der Waals surface area contributed by atoms with Crippen LogP contribution in [0.3, 0.4) is 0 Å². The van der Waals surface area contributed by atoms with Gasteiger partial charge in [0.2, 0.25) is 5.91 Å². The Morgan fingerprint density at radius 2 is 1.61 bits per heavy atom. The van der Waals surface area contributed by atoms with Crippen LogP contribution in [0.15, 0.2) is 67.1 Å². The summed E-state index contributed by atoms with van der Waals surface area (Å²) in [4.78, 5) is 55.0. The lowest BCUT2D eigenvalue weighted by molar-refractivity contribution is -0.121. The maximum absolute atomic E-state index is 14.0. The van der Waals surface area contributed by atoms with Crippen molar-refractivity contribution in [3.8, 4) is 22.8 Å². The van der Waals surface area contributed by atoms with Crippen molar-refractivity contribution in [2.24, 2.45) is 0 Å². The molecule has 0 spiro atoms. The third-order valence-electron chi connectivity index (χ3n) is 16.2. The number of unbranched alkanes of at least 4 members (excludes halogenated alkanes) is 3. The summed E-state index contributed by atoms with van der Waals surface area (Å²) in [5.74, 6) is 1.62. The minimum Gasteiger partial charge on any atom is -0.487 e. The van der Waals surface area contributed by atoms with Crippen molar-refractivity contribution in [1.82, 2.24) is 50.2 Å². The number of carbonyl (C=O) groups is 2. The van der Waals surface area contributed by atoms with Crippen LogP contribution in [0, 0.1) is 13.8 Å². The van der Waals surface area contributed by atoms with Crippen molar-refractivity contribution in [3.05, 3.63) is 118 Å². The van der Waals surface area contributed by atoms with E-state index in [1.807, 2.05) is 49.5 Å². The van der Waals surface area contributed by atoms with E-state index in [2.05, 4.69) is 101 Å². The summed E-state index contributed by atoms with van der Waals surface area (Å²) in [6.07, 6.45) is 10.4. The molecule has 1 aliphatic carbocycles. The summed E-state index contributed by atoms with van der Waals surface area (Å²) in [5, 5.41) is 16.3. The van der Waals surface area contributed by atoms with Gasteiger partial charge in [-0.25, -0.2) is 15.0 Å². The lowest BCUT2D eigenvalue weighted by Gasteiger charge is -2.17. The van der Waals surface area contributed by atoms with Gasteiger partial charge in [0.25, 0.3) is 0 Å². The van der Waals surface area contributed by atoms with E-state index in [0.717, 1.165) is 114 Å². The second-order valence-corrected chi connectivity index (χ2v) is 21.7. The average molecular weight is 1110 g/mol. The minimum atomic E-state index is -0.152. The second-order valence-electron chi connectivity index (χ2n) is 21.7. The number of hydrogen-bond donors (Lipinski definition) is 4. The zero-order valence-electron chi connectivity index (χ0n) is 48.9. The van der Waals surface area contributed by atoms with Gasteiger partial charge in [-0.05, 0) is 112 Å². The number of aryl methyl sites for hydroxylation is 3. The molecule has 7 heterocycles. The highest BCUT2D eigenvalue weighted by Gasteiger charge is 2.36. The molecule has 82 heavy (non-hydrogen) atoms. The summed E-state index contributed by atoms with van der Waals surface area (Å²) in [5.41, 5.74) is 17.4. The molecule has 0 fully saturated rings. The molecule has 18 heteroatoms. The Morgan fingerprint density at radius 1 is 0.829 bits per heavy atom. The van der Waals surface area contributed by atoms with Gasteiger partial charge >= 0.3 is 0 Å². The van der Waals surface area contributed by atoms with Gasteiger partial charge in [-0.1, -0.05) is 57.4 Å². The standard InChI is InChI=1S/C64H77N11O7/c1-10-12-13-14-23-80-41(7)60-39(5)50-31-49-38(4)45(62(71-49)47-29-56(76)61-40(6)51(72-63(47)61)32-53-44(11-2)37(3)48(69-53)33-54(60)70-50)19-20-59(77)65-21-16-22-75-35-55(73-74-75)42-17-15-18-43(28-42)68-64-46-30-57(81-26-24-78-8)58(82-27-25-79-9)34-52(46)66-36-67-64/h15,17-18,28,30-36,38,41,45,70,72H,10-14,16,19-27,29H2,1-9H3,(H,65,77)(H,66,67,68)/t38?,41-,45+/m1/s1. The first-order valence-electron chi connectivity index (χ1n) is 29.1. The van der Waals surface area contributed by atoms with E-state index in [-0.39, 0.29) is 36.1 Å². The van der Waals surface area contributed by atoms with Crippen LogP contribution in [0.25, 0.3) is 55.4 Å². The molecule has 8 bridgehead atoms. The molecule has 0 radical (unpaired) electrons. The molecule has 0 saturated carbocycles. The van der Waals surface area contributed by atoms with E-state index in [4.69, 9.17) is 33.7 Å². The number of anilines is 2. The monoisotopic (exact) mass is 1110 g/mol. The Morgan fingerprint density at radius 3 is 2.39 bits per heavy atom. The Bertz CT molecular complexity index is 3690. The number of ketones is 1. The fourth-order valence-corrected chi connectivity index (χ4v) is 11.7. The predicted molar refractivity (Wildman–Crippen MR) is 321 cm³/mol. The maximum atomic E-state index is 14.0. The lowest BCUT2D eigenvalue weighted by atomic mass is 9.85. The molecule has 5 aromatic heterocycles. The van der Waals surface area contributed by atoms with Gasteiger partial charge in [0.05, 0.1) is 53.6 Å². The van der Waals surface area contributed by atoms with Crippen LogP contribution in [0.1, 0.15) is 159 Å². The number of hydrogen-bond acceptors (Lipinski definition) is 14. The molecule has 7 aromatic rings. The number of nitrogens with one attached hydrogen (secondary N) is 4. The molecular weight excluding hydrogens is 1030 g/mol. The number of allylic oxidation sites excluding steroid dienone is 2. The number of ether oxygens (including phenoxy) is 5. The number of Topliss-reactive ketones (excluding diaryl/α,β-unsaturated/α-hetero) is 1. The molecule has 10 rings (SSSR count). The lowest BCUT2D eigenvalue weighted by Crippen LogP contribution is -2.25. The van der Waals surface area contributed by atoms with Gasteiger partial charge in [0.1, 0.15) is 31.1 Å². The highest BCUT2D eigenvalue weighted by atomic mass is 16.5. The quantitative estimate of drug-likeness (QED) is 0.0371. The highest BCUT2D eigenvalue weighted by molar-refractivity contribution is 6.13. The number of benzene rings is 2. The number of rotatable bonds is 26. The van der Waals surface area contributed by atoms with E-state index in [1.165, 1.54) is 24.7 Å². The number of aromatic nitrogens is 9. The molecular formula is C64H77N11O7. The smallest absolute Gasteiger partial charge is 0.220 e. The zero-order chi connectivity index (χ0) is 57.4. The summed E-state index contributed by atoms with van der Waals surface area (Å²) in [6.45, 7) is 18.3. The summed E-state index contributed by atoms with van der Waals surface area (Å²) >= 11 is 0. The maximum Gasteiger partial charge on any atom is 0.220 e. The molecule has 3 atom stereocenters. The van der Waals surface area contributed by atoms with Crippen LogP contribution in [-0.2, 0) is 32.0 Å². The molecule has 430 valence electrons. The summed E-state index contributed by atoms with van der Waals surface area (Å²) < 4.78 is 30.8. The Labute approximate surface area is 479 Å². The Balaban J connectivity index is 0.836. The summed E-state index contributed by atoms with van der Waals surface area (Å²) in [7, 11) is 3.25. The Hall–Kier alpha value is -7.80. The summed E-state index contributed by atoms with van der Waals surface area (Å²) in [6, 6.07) is 18.1. The van der Waals surface area contributed by atoms with Crippen LogP contribution >= 0.6 is 0 Å². The van der Waals surface area contributed by atoms with Crippen molar-refractivity contribution < 1.29 is 33.3 Å². The fourth-order valence-electron chi connectivity index (χ4n) is 11.7.